The maximum Gasteiger partial charge on any atom is 0.316 e. The van der Waals surface area contributed by atoms with E-state index in [0.29, 0.717) is 23.3 Å². The van der Waals surface area contributed by atoms with Gasteiger partial charge in [-0.1, -0.05) is 25.1 Å². The third kappa shape index (κ3) is 3.48. The van der Waals surface area contributed by atoms with Crippen molar-refractivity contribution in [1.82, 2.24) is 0 Å². The van der Waals surface area contributed by atoms with E-state index in [2.05, 4.69) is 0 Å². The first-order valence-electron chi connectivity index (χ1n) is 12.5. The first-order valence-corrected chi connectivity index (χ1v) is 12.5. The number of anilines is 2. The molecule has 2 heterocycles. The van der Waals surface area contributed by atoms with Crippen LogP contribution in [0.3, 0.4) is 0 Å². The second-order valence-electron chi connectivity index (χ2n) is 10.2. The summed E-state index contributed by atoms with van der Waals surface area (Å²) in [6, 6.07) is 14.3. The molecule has 2 aliphatic carbocycles. The van der Waals surface area contributed by atoms with E-state index in [1.807, 2.05) is 31.2 Å². The monoisotopic (exact) mass is 472 g/mol. The zero-order valence-corrected chi connectivity index (χ0v) is 19.7. The van der Waals surface area contributed by atoms with Crippen molar-refractivity contribution in [3.63, 3.8) is 0 Å². The maximum absolute atomic E-state index is 13.0. The smallest absolute Gasteiger partial charge is 0.316 e. The van der Waals surface area contributed by atoms with Crippen molar-refractivity contribution < 1.29 is 23.9 Å². The van der Waals surface area contributed by atoms with Gasteiger partial charge in [-0.3, -0.25) is 24.1 Å². The van der Waals surface area contributed by atoms with Gasteiger partial charge in [0.15, 0.2) is 0 Å². The van der Waals surface area contributed by atoms with Crippen LogP contribution >= 0.6 is 0 Å². The van der Waals surface area contributed by atoms with Gasteiger partial charge in [-0.05, 0) is 73.4 Å². The van der Waals surface area contributed by atoms with E-state index in [-0.39, 0.29) is 42.5 Å². The van der Waals surface area contributed by atoms with Crippen LogP contribution in [-0.2, 0) is 25.6 Å². The van der Waals surface area contributed by atoms with Crippen LogP contribution < -0.4 is 14.5 Å². The van der Waals surface area contributed by atoms with Gasteiger partial charge in [-0.2, -0.15) is 0 Å². The molecule has 0 radical (unpaired) electrons. The van der Waals surface area contributed by atoms with E-state index >= 15 is 0 Å². The zero-order chi connectivity index (χ0) is 24.3. The number of fused-ring (bicyclic) bond motifs is 5. The van der Waals surface area contributed by atoms with Gasteiger partial charge < -0.3 is 9.64 Å². The Labute approximate surface area is 204 Å². The molecule has 4 fully saturated rings. The molecule has 2 bridgehead atoms. The van der Waals surface area contributed by atoms with Crippen LogP contribution in [0.25, 0.3) is 0 Å². The number of amides is 3. The lowest BCUT2D eigenvalue weighted by atomic mass is 9.81. The molecule has 3 amide bonds. The number of benzene rings is 2. The molecule has 0 N–H and O–H groups in total. The molecule has 6 rings (SSSR count). The van der Waals surface area contributed by atoms with E-state index in [1.165, 1.54) is 4.90 Å². The molecule has 2 aliphatic heterocycles. The van der Waals surface area contributed by atoms with Gasteiger partial charge in [0.1, 0.15) is 5.75 Å². The number of imide groups is 1. The molecule has 180 valence electrons. The van der Waals surface area contributed by atoms with Crippen LogP contribution in [0.2, 0.25) is 0 Å². The lowest BCUT2D eigenvalue weighted by molar-refractivity contribution is -0.139. The fourth-order valence-corrected chi connectivity index (χ4v) is 6.70. The molecule has 0 unspecified atom stereocenters. The Balaban J connectivity index is 1.13. The first-order chi connectivity index (χ1) is 17.0. The van der Waals surface area contributed by atoms with E-state index < -0.39 is 11.9 Å². The minimum absolute atomic E-state index is 0.0890. The molecule has 2 saturated carbocycles. The molecular formula is C28H28N2O5. The minimum Gasteiger partial charge on any atom is -0.426 e. The number of hydrogen-bond acceptors (Lipinski definition) is 5. The second-order valence-corrected chi connectivity index (χ2v) is 10.2. The lowest BCUT2D eigenvalue weighted by Crippen LogP contribution is -2.32. The van der Waals surface area contributed by atoms with Gasteiger partial charge >= 0.3 is 5.97 Å². The fraction of sp³-hybridized carbons (Fsp3) is 0.429. The number of hydrogen-bond donors (Lipinski definition) is 0. The highest BCUT2D eigenvalue weighted by atomic mass is 16.5. The van der Waals surface area contributed by atoms with E-state index in [0.717, 1.165) is 36.9 Å². The maximum atomic E-state index is 13.0. The number of carbonyl (C=O) groups is 4. The van der Waals surface area contributed by atoms with E-state index in [4.69, 9.17) is 4.74 Å². The van der Waals surface area contributed by atoms with Crippen molar-refractivity contribution in [2.45, 2.75) is 39.0 Å². The van der Waals surface area contributed by atoms with Gasteiger partial charge in [0.2, 0.25) is 17.7 Å². The molecule has 0 spiro atoms. The van der Waals surface area contributed by atoms with Crippen LogP contribution in [0, 0.1) is 29.6 Å². The Kier molecular flexibility index (Phi) is 5.24. The summed E-state index contributed by atoms with van der Waals surface area (Å²) in [6.45, 7) is 2.32. The van der Waals surface area contributed by atoms with Gasteiger partial charge in [0.25, 0.3) is 0 Å². The molecule has 2 aromatic rings. The highest BCUT2D eigenvalue weighted by Gasteiger charge is 2.61. The topological polar surface area (TPSA) is 84.0 Å². The number of esters is 1. The van der Waals surface area contributed by atoms with Gasteiger partial charge in [0, 0.05) is 18.7 Å². The van der Waals surface area contributed by atoms with Crippen molar-refractivity contribution in [1.29, 1.82) is 0 Å². The van der Waals surface area contributed by atoms with Crippen molar-refractivity contribution in [2.75, 3.05) is 16.3 Å². The molecular weight excluding hydrogens is 444 g/mol. The number of carbonyl (C=O) groups excluding carboxylic acids is 4. The van der Waals surface area contributed by atoms with Crippen LogP contribution in [0.15, 0.2) is 48.5 Å². The largest absolute Gasteiger partial charge is 0.426 e. The SMILES string of the molecule is CCc1ccccc1N1C[C@@H](C(=O)Oc2ccc(N3C(=O)[C@@H]4[C@H]5CC[C@@H](C5)[C@@H]4C3=O)cc2)CC1=O. The van der Waals surface area contributed by atoms with Crippen molar-refractivity contribution in [2.24, 2.45) is 29.6 Å². The van der Waals surface area contributed by atoms with Crippen molar-refractivity contribution in [3.05, 3.63) is 54.1 Å². The number of para-hydroxylation sites is 1. The summed E-state index contributed by atoms with van der Waals surface area (Å²) in [4.78, 5) is 54.5. The molecule has 2 saturated heterocycles. The zero-order valence-electron chi connectivity index (χ0n) is 19.7. The average molecular weight is 473 g/mol. The highest BCUT2D eigenvalue weighted by Crippen LogP contribution is 2.56. The summed E-state index contributed by atoms with van der Waals surface area (Å²) in [5.41, 5.74) is 2.43. The van der Waals surface area contributed by atoms with Gasteiger partial charge in [0.05, 0.1) is 23.4 Å². The first kappa shape index (κ1) is 22.0. The molecule has 5 atom stereocenters. The molecule has 7 nitrogen and oxygen atoms in total. The van der Waals surface area contributed by atoms with Crippen molar-refractivity contribution in [3.8, 4) is 5.75 Å². The Morgan fingerprint density at radius 2 is 1.60 bits per heavy atom. The number of aryl methyl sites for hydroxylation is 1. The van der Waals surface area contributed by atoms with Crippen LogP contribution in [0.1, 0.15) is 38.2 Å². The average Bonchev–Trinajstić information content (AvgIpc) is 3.63. The van der Waals surface area contributed by atoms with Gasteiger partial charge in [-0.15, -0.1) is 0 Å². The second kappa shape index (κ2) is 8.33. The predicted octanol–water partition coefficient (Wildman–Crippen LogP) is 3.74. The predicted molar refractivity (Wildman–Crippen MR) is 129 cm³/mol. The number of rotatable bonds is 5. The molecule has 0 aromatic heterocycles. The molecule has 2 aromatic carbocycles. The highest BCUT2D eigenvalue weighted by molar-refractivity contribution is 6.22. The summed E-state index contributed by atoms with van der Waals surface area (Å²) in [5.74, 6) is -0.603. The van der Waals surface area contributed by atoms with Crippen molar-refractivity contribution >= 4 is 35.1 Å². The summed E-state index contributed by atoms with van der Waals surface area (Å²) < 4.78 is 5.57. The molecule has 7 heteroatoms. The number of ether oxygens (including phenoxy) is 1. The Morgan fingerprint density at radius 1 is 0.943 bits per heavy atom. The Hall–Kier alpha value is -3.48. The standard InChI is InChI=1S/C28H28N2O5/c1-2-16-5-3-4-6-22(16)29-15-19(14-23(29)31)28(34)35-21-11-9-20(10-12-21)30-26(32)24-17-7-8-18(13-17)25(24)27(30)33/h3-6,9-12,17-19,24-25H,2,7-8,13-15H2,1H3/t17-,18-,19-,24-,25+/m0/s1. The van der Waals surface area contributed by atoms with Crippen LogP contribution in [-0.4, -0.2) is 30.2 Å². The van der Waals surface area contributed by atoms with Crippen LogP contribution in [0.4, 0.5) is 11.4 Å². The lowest BCUT2D eigenvalue weighted by Gasteiger charge is -2.20. The molecule has 35 heavy (non-hydrogen) atoms. The van der Waals surface area contributed by atoms with E-state index in [1.54, 1.807) is 29.2 Å². The molecule has 4 aliphatic rings. The fourth-order valence-electron chi connectivity index (χ4n) is 6.70. The Bertz CT molecular complexity index is 1190. The third-order valence-electron chi connectivity index (χ3n) is 8.36. The summed E-state index contributed by atoms with van der Waals surface area (Å²) in [5, 5.41) is 0. The summed E-state index contributed by atoms with van der Waals surface area (Å²) >= 11 is 0. The Morgan fingerprint density at radius 3 is 2.26 bits per heavy atom. The minimum atomic E-state index is -0.552. The third-order valence-corrected chi connectivity index (χ3v) is 8.36. The van der Waals surface area contributed by atoms with Gasteiger partial charge in [-0.25, -0.2) is 0 Å². The number of nitrogens with zero attached hydrogens (tertiary/aromatic N) is 2. The summed E-state index contributed by atoms with van der Waals surface area (Å²) in [7, 11) is 0. The summed E-state index contributed by atoms with van der Waals surface area (Å²) in [6.07, 6.45) is 3.99. The van der Waals surface area contributed by atoms with E-state index in [9.17, 15) is 19.2 Å². The quantitative estimate of drug-likeness (QED) is 0.376. The van der Waals surface area contributed by atoms with Crippen LogP contribution in [0.5, 0.6) is 5.75 Å². The normalized spacial score (nSPS) is 29.3.